The summed E-state index contributed by atoms with van der Waals surface area (Å²) in [5.74, 6) is -1.25. The number of hydrogen-bond acceptors (Lipinski definition) is 6. The van der Waals surface area contributed by atoms with Gasteiger partial charge in [0, 0.05) is 26.1 Å². The molecule has 2 aliphatic heterocycles. The number of carboxylic acid groups (broad SMARTS) is 1. The molecule has 0 radical (unpaired) electrons. The van der Waals surface area contributed by atoms with E-state index in [9.17, 15) is 14.0 Å². The van der Waals surface area contributed by atoms with Crippen LogP contribution in [-0.4, -0.2) is 60.4 Å². The van der Waals surface area contributed by atoms with Gasteiger partial charge in [-0.05, 0) is 6.07 Å². The van der Waals surface area contributed by atoms with Crippen molar-refractivity contribution in [3.63, 3.8) is 0 Å². The fraction of sp³-hybridized carbons (Fsp3) is 0.474. The maximum atomic E-state index is 15.1. The van der Waals surface area contributed by atoms with Gasteiger partial charge in [-0.15, -0.1) is 0 Å². The minimum absolute atomic E-state index is 0.0251. The number of morpholine rings is 1. The Morgan fingerprint density at radius 1 is 1.40 bits per heavy atom. The van der Waals surface area contributed by atoms with Crippen LogP contribution in [0.3, 0.4) is 0 Å². The summed E-state index contributed by atoms with van der Waals surface area (Å²) in [6.07, 6.45) is -1.67. The number of hydrogen-bond donors (Lipinski definition) is 2. The van der Waals surface area contributed by atoms with E-state index in [1.807, 2.05) is 0 Å². The Balaban J connectivity index is 1.67. The smallest absolute Gasteiger partial charge is 0.449 e. The third-order valence-corrected chi connectivity index (χ3v) is 6.17. The lowest BCUT2D eigenvalue weighted by atomic mass is 10.1. The highest BCUT2D eigenvalue weighted by molar-refractivity contribution is 6.38. The predicted molar refractivity (Wildman–Crippen MR) is 104 cm³/mol. The number of nitrogens with zero attached hydrogens (tertiary/aromatic N) is 2. The Morgan fingerprint density at radius 3 is 2.83 bits per heavy atom. The molecule has 2 aromatic rings. The van der Waals surface area contributed by atoms with Crippen molar-refractivity contribution >= 4 is 34.3 Å². The second-order valence-electron chi connectivity index (χ2n) is 7.71. The van der Waals surface area contributed by atoms with E-state index in [-0.39, 0.29) is 40.2 Å². The largest absolute Gasteiger partial charge is 0.511 e. The van der Waals surface area contributed by atoms with Crippen LogP contribution in [0.2, 0.25) is 5.02 Å². The van der Waals surface area contributed by atoms with Gasteiger partial charge >= 0.3 is 6.16 Å². The number of benzene rings is 1. The summed E-state index contributed by atoms with van der Waals surface area (Å²) < 4.78 is 40.7. The Bertz CT molecular complexity index is 1100. The van der Waals surface area contributed by atoms with Gasteiger partial charge in [-0.25, -0.2) is 13.6 Å². The Morgan fingerprint density at radius 2 is 2.17 bits per heavy atom. The van der Waals surface area contributed by atoms with Crippen LogP contribution in [0.1, 0.15) is 12.5 Å². The minimum Gasteiger partial charge on any atom is -0.449 e. The third-order valence-electron chi connectivity index (χ3n) is 5.81. The molecule has 11 heteroatoms. The van der Waals surface area contributed by atoms with E-state index >= 15 is 4.39 Å². The zero-order valence-corrected chi connectivity index (χ0v) is 16.4. The molecule has 2 N–H and O–H groups in total. The first-order valence-corrected chi connectivity index (χ1v) is 9.94. The van der Waals surface area contributed by atoms with Gasteiger partial charge in [0.05, 0.1) is 52.6 Å². The van der Waals surface area contributed by atoms with E-state index in [0.717, 1.165) is 12.3 Å². The van der Waals surface area contributed by atoms with Crippen molar-refractivity contribution in [2.75, 3.05) is 31.1 Å². The van der Waals surface area contributed by atoms with E-state index in [0.29, 0.717) is 26.2 Å². The number of carbonyl (C=O) groups is 1. The number of halogens is 3. The van der Waals surface area contributed by atoms with Crippen LogP contribution >= 0.6 is 11.6 Å². The summed E-state index contributed by atoms with van der Waals surface area (Å²) in [4.78, 5) is 25.4. The van der Waals surface area contributed by atoms with E-state index in [1.54, 1.807) is 4.90 Å². The third kappa shape index (κ3) is 3.10. The second-order valence-corrected chi connectivity index (χ2v) is 8.09. The molecular weight excluding hydrogens is 424 g/mol. The highest BCUT2D eigenvalue weighted by Gasteiger charge is 2.42. The van der Waals surface area contributed by atoms with Crippen molar-refractivity contribution in [1.29, 1.82) is 0 Å². The number of fused-ring (bicyclic) bond motifs is 2. The van der Waals surface area contributed by atoms with Crippen LogP contribution in [-0.2, 0) is 4.74 Å². The Labute approximate surface area is 173 Å². The van der Waals surface area contributed by atoms with Gasteiger partial charge < -0.3 is 29.4 Å². The minimum atomic E-state index is -1.69. The van der Waals surface area contributed by atoms with Gasteiger partial charge in [0.1, 0.15) is 12.0 Å². The molecule has 0 unspecified atom stereocenters. The number of alkyl halides is 1. The quantitative estimate of drug-likeness (QED) is 0.706. The molecule has 5 rings (SSSR count). The average Bonchev–Trinajstić information content (AvgIpc) is 3.26. The maximum Gasteiger partial charge on any atom is 0.511 e. The van der Waals surface area contributed by atoms with Gasteiger partial charge in [-0.3, -0.25) is 4.79 Å². The number of aromatic nitrogens is 1. The molecule has 4 atom stereocenters. The van der Waals surface area contributed by atoms with Crippen molar-refractivity contribution < 1.29 is 28.2 Å². The van der Waals surface area contributed by atoms with Crippen LogP contribution in [0, 0.1) is 5.82 Å². The summed E-state index contributed by atoms with van der Waals surface area (Å²) in [5, 5.41) is 12.0. The SMILES string of the molecule is O=C(O)Oc1cn([C@@H]2C[C@H]2F)c2c(Cl)c(N3C[C@@H]4NCCO[C@@H]4C3)c(F)cc2c1=O. The van der Waals surface area contributed by atoms with E-state index in [2.05, 4.69) is 10.1 Å². The summed E-state index contributed by atoms with van der Waals surface area (Å²) in [5.41, 5.74) is -0.558. The Kier molecular flexibility index (Phi) is 4.60. The van der Waals surface area contributed by atoms with E-state index in [1.165, 1.54) is 4.57 Å². The summed E-state index contributed by atoms with van der Waals surface area (Å²) >= 11 is 6.60. The molecule has 1 aromatic carbocycles. The molecule has 0 bridgehead atoms. The van der Waals surface area contributed by atoms with Gasteiger partial charge in [0.2, 0.25) is 5.43 Å². The first kappa shape index (κ1) is 19.5. The molecule has 8 nitrogen and oxygen atoms in total. The van der Waals surface area contributed by atoms with Crippen LogP contribution in [0.15, 0.2) is 17.1 Å². The predicted octanol–water partition coefficient (Wildman–Crippen LogP) is 2.31. The number of nitrogens with one attached hydrogen (secondary N) is 1. The number of ether oxygens (including phenoxy) is 2. The van der Waals surface area contributed by atoms with Crippen LogP contribution < -0.4 is 20.4 Å². The van der Waals surface area contributed by atoms with Crippen molar-refractivity contribution in [2.24, 2.45) is 0 Å². The number of anilines is 1. The average molecular weight is 442 g/mol. The summed E-state index contributed by atoms with van der Waals surface area (Å²) in [6.45, 7) is 2.15. The maximum absolute atomic E-state index is 15.1. The topological polar surface area (TPSA) is 93.0 Å². The molecular formula is C19H18ClF2N3O5. The van der Waals surface area contributed by atoms with Crippen molar-refractivity contribution in [3.8, 4) is 5.75 Å². The van der Waals surface area contributed by atoms with Crippen LogP contribution in [0.4, 0.5) is 19.3 Å². The summed E-state index contributed by atoms with van der Waals surface area (Å²) in [6, 6.07) is 0.402. The van der Waals surface area contributed by atoms with Gasteiger partial charge in [-0.1, -0.05) is 11.6 Å². The Hall–Kier alpha value is -2.43. The molecule has 3 heterocycles. The van der Waals surface area contributed by atoms with Gasteiger partial charge in [0.15, 0.2) is 5.75 Å². The monoisotopic (exact) mass is 441 g/mol. The fourth-order valence-corrected chi connectivity index (χ4v) is 4.75. The molecule has 3 aliphatic rings. The molecule has 30 heavy (non-hydrogen) atoms. The molecule has 3 fully saturated rings. The van der Waals surface area contributed by atoms with Gasteiger partial charge in [-0.2, -0.15) is 0 Å². The molecule has 1 saturated carbocycles. The lowest BCUT2D eigenvalue weighted by Gasteiger charge is -2.25. The van der Waals surface area contributed by atoms with Crippen LogP contribution in [0.25, 0.3) is 10.9 Å². The zero-order valence-electron chi connectivity index (χ0n) is 15.6. The molecule has 1 aliphatic carbocycles. The fourth-order valence-electron chi connectivity index (χ4n) is 4.34. The van der Waals surface area contributed by atoms with Gasteiger partial charge in [0.25, 0.3) is 0 Å². The molecule has 0 spiro atoms. The van der Waals surface area contributed by atoms with Crippen molar-refractivity contribution in [2.45, 2.75) is 30.8 Å². The number of pyridine rings is 1. The lowest BCUT2D eigenvalue weighted by molar-refractivity contribution is 0.0212. The number of rotatable bonds is 3. The van der Waals surface area contributed by atoms with E-state index < -0.39 is 35.4 Å². The standard InChI is InChI=1S/C19H18ClF2N3O5/c20-15-16-8(18(26)14(30-19(27)28)7-25(16)12-4-9(12)21)3-10(22)17(15)24-5-11-13(6-24)29-2-1-23-11/h3,7,9,11-13,23H,1-2,4-6H2,(H,27,28)/t9-,11+,12-,13-/m1/s1. The van der Waals surface area contributed by atoms with Crippen molar-refractivity contribution in [3.05, 3.63) is 33.3 Å². The normalized spacial score (nSPS) is 27.9. The second kappa shape index (κ2) is 7.07. The highest BCUT2D eigenvalue weighted by Crippen LogP contribution is 2.45. The van der Waals surface area contributed by atoms with Crippen molar-refractivity contribution in [1.82, 2.24) is 9.88 Å². The first-order chi connectivity index (χ1) is 14.3. The summed E-state index contributed by atoms with van der Waals surface area (Å²) in [7, 11) is 0. The molecule has 160 valence electrons. The highest BCUT2D eigenvalue weighted by atomic mass is 35.5. The lowest BCUT2D eigenvalue weighted by Crippen LogP contribution is -2.47. The molecule has 0 amide bonds. The first-order valence-electron chi connectivity index (χ1n) is 9.56. The molecule has 2 saturated heterocycles. The van der Waals surface area contributed by atoms with Crippen LogP contribution in [0.5, 0.6) is 5.75 Å². The zero-order chi connectivity index (χ0) is 21.2. The van der Waals surface area contributed by atoms with E-state index in [4.69, 9.17) is 21.4 Å². The molecule has 1 aromatic heterocycles.